The molecule has 50 heavy (non-hydrogen) atoms. The Bertz CT molecular complexity index is 1270. The SMILES string of the molecule is CCCC(=O)OC1[C@@H](OC(C)=O)[C@@H](O)C(C)=C[C@@H]2C3[C@@H](C(C)C)[C@@H](OC(=O)CC(C)C)C(OC(=O)CCC)C3(C)[C@@H](OC(=O)CCC)CC12C. The van der Waals surface area contributed by atoms with Gasteiger partial charge in [0.1, 0.15) is 30.5 Å². The lowest BCUT2D eigenvalue weighted by Crippen LogP contribution is -2.63. The Labute approximate surface area is 298 Å². The summed E-state index contributed by atoms with van der Waals surface area (Å²) >= 11 is 0. The molecule has 0 aromatic carbocycles. The van der Waals surface area contributed by atoms with Gasteiger partial charge in [-0.3, -0.25) is 24.0 Å². The summed E-state index contributed by atoms with van der Waals surface area (Å²) in [6.45, 7) is 20.4. The molecule has 0 aliphatic heterocycles. The van der Waals surface area contributed by atoms with Gasteiger partial charge < -0.3 is 28.8 Å². The van der Waals surface area contributed by atoms with E-state index in [0.29, 0.717) is 24.8 Å². The van der Waals surface area contributed by atoms with Crippen molar-refractivity contribution in [3.63, 3.8) is 0 Å². The Morgan fingerprint density at radius 2 is 1.30 bits per heavy atom. The zero-order valence-electron chi connectivity index (χ0n) is 32.1. The molecule has 0 bridgehead atoms. The van der Waals surface area contributed by atoms with Crippen LogP contribution < -0.4 is 0 Å². The van der Waals surface area contributed by atoms with Crippen LogP contribution in [0, 0.1) is 40.4 Å². The van der Waals surface area contributed by atoms with Crippen LogP contribution >= 0.6 is 0 Å². The summed E-state index contributed by atoms with van der Waals surface area (Å²) in [6, 6.07) is 0. The van der Waals surface area contributed by atoms with Gasteiger partial charge in [-0.25, -0.2) is 0 Å². The van der Waals surface area contributed by atoms with Gasteiger partial charge >= 0.3 is 29.8 Å². The molecule has 1 N–H and O–H groups in total. The van der Waals surface area contributed by atoms with Crippen molar-refractivity contribution in [2.75, 3.05) is 0 Å². The van der Waals surface area contributed by atoms with Crippen LogP contribution in [0.3, 0.4) is 0 Å². The zero-order chi connectivity index (χ0) is 37.7. The van der Waals surface area contributed by atoms with Crippen molar-refractivity contribution in [2.45, 2.75) is 164 Å². The number of aliphatic hydroxyl groups excluding tert-OH is 1. The first-order valence-corrected chi connectivity index (χ1v) is 18.7. The van der Waals surface area contributed by atoms with Crippen molar-refractivity contribution >= 4 is 29.8 Å². The third-order valence-corrected chi connectivity index (χ3v) is 11.1. The molecule has 11 nitrogen and oxygen atoms in total. The molecule has 2 saturated carbocycles. The highest BCUT2D eigenvalue weighted by atomic mass is 16.6. The average Bonchev–Trinajstić information content (AvgIpc) is 3.20. The van der Waals surface area contributed by atoms with E-state index in [9.17, 15) is 29.1 Å². The van der Waals surface area contributed by atoms with E-state index in [0.717, 1.165) is 0 Å². The number of allylic oxidation sites excluding steroid dienone is 1. The molecule has 5 unspecified atom stereocenters. The number of fused-ring (bicyclic) bond motifs is 3. The lowest BCUT2D eigenvalue weighted by Gasteiger charge is -2.58. The molecule has 3 aliphatic carbocycles. The molecule has 0 heterocycles. The van der Waals surface area contributed by atoms with Gasteiger partial charge in [-0.1, -0.05) is 68.4 Å². The van der Waals surface area contributed by atoms with Gasteiger partial charge in [-0.2, -0.15) is 0 Å². The summed E-state index contributed by atoms with van der Waals surface area (Å²) in [4.78, 5) is 66.1. The third-order valence-electron chi connectivity index (χ3n) is 11.1. The van der Waals surface area contributed by atoms with E-state index in [2.05, 4.69) is 0 Å². The number of carbonyl (C=O) groups excluding carboxylic acids is 5. The number of rotatable bonds is 14. The molecule has 0 aromatic rings. The first kappa shape index (κ1) is 41.5. The minimum Gasteiger partial charge on any atom is -0.462 e. The number of hydrogen-bond donors (Lipinski definition) is 1. The van der Waals surface area contributed by atoms with Crippen LogP contribution in [0.5, 0.6) is 0 Å². The van der Waals surface area contributed by atoms with Crippen molar-refractivity contribution in [3.05, 3.63) is 11.6 Å². The zero-order valence-corrected chi connectivity index (χ0v) is 32.1. The summed E-state index contributed by atoms with van der Waals surface area (Å²) < 4.78 is 31.1. The van der Waals surface area contributed by atoms with Crippen LogP contribution in [0.4, 0.5) is 0 Å². The highest BCUT2D eigenvalue weighted by molar-refractivity contribution is 5.72. The van der Waals surface area contributed by atoms with Crippen LogP contribution in [-0.2, 0) is 47.7 Å². The van der Waals surface area contributed by atoms with Crippen LogP contribution in [0.25, 0.3) is 0 Å². The summed E-state index contributed by atoms with van der Waals surface area (Å²) in [7, 11) is 0. The number of ether oxygens (including phenoxy) is 5. The standard InChI is InChI=1S/C39H62O11/c1-12-15-27(41)47-26-20-38(10)25(19-23(8)33(45)35(46-24(9)40)36(38)49-28(42)16-13-2)32-31(22(6)7)34(48-30(44)18-21(4)5)37(39(26,32)11)50-29(43)17-14-3/h19,21-22,25-26,31-37,45H,12-18,20H2,1-11H3/t25-,26+,31-,32?,33+,34-,35+,36?,37?,38?,39?/m1/s1. The van der Waals surface area contributed by atoms with Crippen molar-refractivity contribution < 1.29 is 52.8 Å². The number of hydrogen-bond acceptors (Lipinski definition) is 11. The fourth-order valence-electron chi connectivity index (χ4n) is 8.92. The van der Waals surface area contributed by atoms with Gasteiger partial charge in [-0.05, 0) is 61.9 Å². The van der Waals surface area contributed by atoms with Crippen molar-refractivity contribution in [1.82, 2.24) is 0 Å². The second-order valence-electron chi connectivity index (χ2n) is 16.0. The fraction of sp³-hybridized carbons (Fsp3) is 0.821. The Balaban J connectivity index is 2.41. The maximum Gasteiger partial charge on any atom is 0.306 e. The van der Waals surface area contributed by atoms with E-state index >= 15 is 0 Å². The molecule has 3 aliphatic rings. The highest BCUT2D eigenvalue weighted by Crippen LogP contribution is 2.67. The lowest BCUT2D eigenvalue weighted by molar-refractivity contribution is -0.226. The first-order chi connectivity index (χ1) is 23.4. The van der Waals surface area contributed by atoms with Gasteiger partial charge in [0.05, 0.1) is 0 Å². The molecule has 0 amide bonds. The smallest absolute Gasteiger partial charge is 0.306 e. The van der Waals surface area contributed by atoms with Crippen molar-refractivity contribution in [1.29, 1.82) is 0 Å². The van der Waals surface area contributed by atoms with E-state index in [1.165, 1.54) is 6.92 Å². The maximum atomic E-state index is 13.5. The highest BCUT2D eigenvalue weighted by Gasteiger charge is 2.74. The number of carbonyl (C=O) groups is 5. The summed E-state index contributed by atoms with van der Waals surface area (Å²) in [5.41, 5.74) is -1.62. The fourth-order valence-corrected chi connectivity index (χ4v) is 8.92. The second kappa shape index (κ2) is 17.0. The second-order valence-corrected chi connectivity index (χ2v) is 16.0. The molecule has 3 rings (SSSR count). The Morgan fingerprint density at radius 3 is 1.78 bits per heavy atom. The summed E-state index contributed by atoms with van der Waals surface area (Å²) in [5.74, 6) is -3.91. The van der Waals surface area contributed by atoms with Crippen LogP contribution in [0.2, 0.25) is 0 Å². The van der Waals surface area contributed by atoms with E-state index in [1.807, 2.05) is 68.4 Å². The largest absolute Gasteiger partial charge is 0.462 e. The van der Waals surface area contributed by atoms with Crippen LogP contribution in [0.15, 0.2) is 11.6 Å². The van der Waals surface area contributed by atoms with E-state index in [4.69, 9.17) is 23.7 Å². The van der Waals surface area contributed by atoms with Gasteiger partial charge in [0.25, 0.3) is 0 Å². The Kier molecular flexibility index (Phi) is 14.1. The monoisotopic (exact) mass is 706 g/mol. The predicted molar refractivity (Wildman–Crippen MR) is 185 cm³/mol. The summed E-state index contributed by atoms with van der Waals surface area (Å²) in [5, 5.41) is 11.7. The van der Waals surface area contributed by atoms with Crippen LogP contribution in [-0.4, -0.2) is 71.6 Å². The first-order valence-electron chi connectivity index (χ1n) is 18.7. The Hall–Kier alpha value is -2.95. The molecule has 0 saturated heterocycles. The lowest BCUT2D eigenvalue weighted by atomic mass is 9.49. The van der Waals surface area contributed by atoms with Crippen molar-refractivity contribution in [3.8, 4) is 0 Å². The molecule has 0 spiro atoms. The minimum atomic E-state index is -1.30. The molecular weight excluding hydrogens is 644 g/mol. The molecule has 2 fully saturated rings. The van der Waals surface area contributed by atoms with Gasteiger partial charge in [0, 0.05) is 49.4 Å². The molecule has 0 radical (unpaired) electrons. The quantitative estimate of drug-likeness (QED) is 0.124. The molecular formula is C39H62O11. The number of aliphatic hydroxyl groups is 1. The molecule has 11 atom stereocenters. The predicted octanol–water partition coefficient (Wildman–Crippen LogP) is 6.27. The topological polar surface area (TPSA) is 152 Å². The summed E-state index contributed by atoms with van der Waals surface area (Å²) in [6.07, 6.45) is -2.13. The van der Waals surface area contributed by atoms with Gasteiger partial charge in [0.15, 0.2) is 6.10 Å². The maximum absolute atomic E-state index is 13.5. The van der Waals surface area contributed by atoms with Crippen molar-refractivity contribution in [2.24, 2.45) is 40.4 Å². The van der Waals surface area contributed by atoms with E-state index in [-0.39, 0.29) is 43.9 Å². The molecule has 0 aromatic heterocycles. The Morgan fingerprint density at radius 1 is 0.780 bits per heavy atom. The molecule has 284 valence electrons. The minimum absolute atomic E-state index is 0.0251. The third kappa shape index (κ3) is 8.56. The molecule has 11 heteroatoms. The van der Waals surface area contributed by atoms with Gasteiger partial charge in [0.2, 0.25) is 0 Å². The van der Waals surface area contributed by atoms with Crippen LogP contribution in [0.1, 0.15) is 128 Å². The van der Waals surface area contributed by atoms with Gasteiger partial charge in [-0.15, -0.1) is 0 Å². The normalized spacial score (nSPS) is 34.9. The number of esters is 5. The van der Waals surface area contributed by atoms with E-state index < -0.39 is 95.1 Å². The van der Waals surface area contributed by atoms with E-state index in [1.54, 1.807) is 6.92 Å². The average molecular weight is 707 g/mol.